The van der Waals surface area contributed by atoms with E-state index in [2.05, 4.69) is 0 Å². The van der Waals surface area contributed by atoms with Gasteiger partial charge in [-0.3, -0.25) is 4.90 Å². The molecule has 2 amide bonds. The van der Waals surface area contributed by atoms with Crippen molar-refractivity contribution in [3.63, 3.8) is 0 Å². The summed E-state index contributed by atoms with van der Waals surface area (Å²) in [5.41, 5.74) is 0.806. The zero-order valence-electron chi connectivity index (χ0n) is 9.24. The minimum atomic E-state index is 0.00114. The van der Waals surface area contributed by atoms with Gasteiger partial charge in [0.25, 0.3) is 0 Å². The predicted octanol–water partition coefficient (Wildman–Crippen LogP) is 2.22. The molecule has 4 nitrogen and oxygen atoms in total. The van der Waals surface area contributed by atoms with E-state index in [1.807, 2.05) is 6.07 Å². The lowest BCUT2D eigenvalue weighted by Crippen LogP contribution is -2.29. The summed E-state index contributed by atoms with van der Waals surface area (Å²) < 4.78 is 5.06. The molecule has 1 aliphatic heterocycles. The van der Waals surface area contributed by atoms with Crippen LogP contribution in [-0.4, -0.2) is 38.2 Å². The van der Waals surface area contributed by atoms with E-state index in [1.54, 1.807) is 36.1 Å². The number of methoxy groups -OCH3 is 1. The van der Waals surface area contributed by atoms with Crippen LogP contribution in [0.15, 0.2) is 18.2 Å². The van der Waals surface area contributed by atoms with Crippen LogP contribution in [-0.2, 0) is 0 Å². The molecule has 1 aromatic rings. The van der Waals surface area contributed by atoms with Gasteiger partial charge in [-0.1, -0.05) is 11.6 Å². The largest absolute Gasteiger partial charge is 0.495 e. The van der Waals surface area contributed by atoms with Gasteiger partial charge in [0.05, 0.1) is 12.1 Å². The molecule has 1 aromatic carbocycles. The molecule has 1 fully saturated rings. The van der Waals surface area contributed by atoms with Gasteiger partial charge in [0.2, 0.25) is 0 Å². The van der Waals surface area contributed by atoms with Gasteiger partial charge in [0.15, 0.2) is 0 Å². The maximum atomic E-state index is 11.7. The summed E-state index contributed by atoms with van der Waals surface area (Å²) in [6.45, 7) is 1.43. The van der Waals surface area contributed by atoms with Gasteiger partial charge in [0.1, 0.15) is 5.75 Å². The lowest BCUT2D eigenvalue weighted by Gasteiger charge is -2.16. The van der Waals surface area contributed by atoms with Crippen molar-refractivity contribution < 1.29 is 9.53 Å². The number of ether oxygens (including phenoxy) is 1. The van der Waals surface area contributed by atoms with Crippen molar-refractivity contribution in [1.29, 1.82) is 0 Å². The molecule has 0 unspecified atom stereocenters. The Morgan fingerprint density at radius 2 is 2.12 bits per heavy atom. The van der Waals surface area contributed by atoms with Gasteiger partial charge < -0.3 is 9.64 Å². The molecule has 0 radical (unpaired) electrons. The van der Waals surface area contributed by atoms with Gasteiger partial charge in [-0.15, -0.1) is 0 Å². The fourth-order valence-electron chi connectivity index (χ4n) is 1.71. The normalized spacial score (nSPS) is 15.8. The monoisotopic (exact) mass is 240 g/mol. The first kappa shape index (κ1) is 11.1. The number of halogens is 1. The van der Waals surface area contributed by atoms with Crippen molar-refractivity contribution in [3.05, 3.63) is 23.2 Å². The Bertz CT molecular complexity index is 422. The third-order valence-corrected chi connectivity index (χ3v) is 2.96. The molecule has 0 bridgehead atoms. The smallest absolute Gasteiger partial charge is 0.324 e. The first-order valence-electron chi connectivity index (χ1n) is 4.99. The van der Waals surface area contributed by atoms with Gasteiger partial charge in [-0.05, 0) is 18.2 Å². The first-order chi connectivity index (χ1) is 7.63. The van der Waals surface area contributed by atoms with Crippen LogP contribution < -0.4 is 9.64 Å². The number of anilines is 1. The van der Waals surface area contributed by atoms with Crippen LogP contribution in [0.1, 0.15) is 0 Å². The number of carbonyl (C=O) groups is 1. The average Bonchev–Trinajstić information content (AvgIpc) is 2.60. The van der Waals surface area contributed by atoms with E-state index < -0.39 is 0 Å². The van der Waals surface area contributed by atoms with E-state index in [-0.39, 0.29) is 6.03 Å². The minimum absolute atomic E-state index is 0.00114. The molecule has 1 saturated heterocycles. The van der Waals surface area contributed by atoms with E-state index in [1.165, 1.54) is 0 Å². The number of hydrogen-bond donors (Lipinski definition) is 0. The lowest BCUT2D eigenvalue weighted by atomic mass is 10.3. The van der Waals surface area contributed by atoms with Crippen molar-refractivity contribution in [2.45, 2.75) is 0 Å². The van der Waals surface area contributed by atoms with Crippen molar-refractivity contribution in [2.24, 2.45) is 0 Å². The molecule has 0 atom stereocenters. The third kappa shape index (κ3) is 1.80. The molecule has 16 heavy (non-hydrogen) atoms. The molecule has 5 heteroatoms. The van der Waals surface area contributed by atoms with Crippen molar-refractivity contribution >= 4 is 23.3 Å². The van der Waals surface area contributed by atoms with Gasteiger partial charge in [-0.25, -0.2) is 4.79 Å². The van der Waals surface area contributed by atoms with Gasteiger partial charge in [0, 0.05) is 25.8 Å². The summed E-state index contributed by atoms with van der Waals surface area (Å²) in [6.07, 6.45) is 0. The van der Waals surface area contributed by atoms with Crippen LogP contribution in [0.4, 0.5) is 10.5 Å². The maximum Gasteiger partial charge on any atom is 0.324 e. The van der Waals surface area contributed by atoms with Crippen LogP contribution in [0.2, 0.25) is 5.02 Å². The molecule has 0 spiro atoms. The SMILES string of the molecule is COc1ccc(N2CCN(C)C2=O)cc1Cl. The summed E-state index contributed by atoms with van der Waals surface area (Å²) in [7, 11) is 3.35. The number of urea groups is 1. The summed E-state index contributed by atoms with van der Waals surface area (Å²) in [6, 6.07) is 5.35. The Morgan fingerprint density at radius 1 is 1.38 bits per heavy atom. The number of hydrogen-bond acceptors (Lipinski definition) is 2. The maximum absolute atomic E-state index is 11.7. The van der Waals surface area contributed by atoms with Crippen LogP contribution >= 0.6 is 11.6 Å². The predicted molar refractivity (Wildman–Crippen MR) is 63.4 cm³/mol. The zero-order valence-corrected chi connectivity index (χ0v) is 9.99. The Balaban J connectivity index is 2.28. The highest BCUT2D eigenvalue weighted by molar-refractivity contribution is 6.32. The second kappa shape index (κ2) is 4.22. The molecular formula is C11H13ClN2O2. The van der Waals surface area contributed by atoms with E-state index in [4.69, 9.17) is 16.3 Å². The second-order valence-electron chi connectivity index (χ2n) is 3.67. The number of nitrogens with zero attached hydrogens (tertiary/aromatic N) is 2. The van der Waals surface area contributed by atoms with Crippen LogP contribution in [0.5, 0.6) is 5.75 Å². The average molecular weight is 241 g/mol. The Labute approximate surface area is 99.3 Å². The van der Waals surface area contributed by atoms with Gasteiger partial charge in [-0.2, -0.15) is 0 Å². The summed E-state index contributed by atoms with van der Waals surface area (Å²) in [5.74, 6) is 0.616. The van der Waals surface area contributed by atoms with Crippen LogP contribution in [0.25, 0.3) is 0 Å². The Kier molecular flexibility index (Phi) is 2.92. The van der Waals surface area contributed by atoms with Crippen molar-refractivity contribution in [2.75, 3.05) is 32.1 Å². The minimum Gasteiger partial charge on any atom is -0.495 e. The standard InChI is InChI=1S/C11H13ClN2O2/c1-13-5-6-14(11(13)15)8-3-4-10(16-2)9(12)7-8/h3-4,7H,5-6H2,1-2H3. The zero-order chi connectivity index (χ0) is 11.7. The Hall–Kier alpha value is -1.42. The highest BCUT2D eigenvalue weighted by atomic mass is 35.5. The van der Waals surface area contributed by atoms with E-state index in [0.717, 1.165) is 12.2 Å². The number of carbonyl (C=O) groups excluding carboxylic acids is 1. The highest BCUT2D eigenvalue weighted by Gasteiger charge is 2.26. The summed E-state index contributed by atoms with van der Waals surface area (Å²) in [5, 5.41) is 0.516. The molecular weight excluding hydrogens is 228 g/mol. The highest BCUT2D eigenvalue weighted by Crippen LogP contribution is 2.30. The molecule has 0 aliphatic carbocycles. The van der Waals surface area contributed by atoms with Crippen molar-refractivity contribution in [3.8, 4) is 5.75 Å². The van der Waals surface area contributed by atoms with E-state index in [9.17, 15) is 4.79 Å². The molecule has 1 heterocycles. The van der Waals surface area contributed by atoms with Crippen molar-refractivity contribution in [1.82, 2.24) is 4.90 Å². The third-order valence-electron chi connectivity index (χ3n) is 2.66. The topological polar surface area (TPSA) is 32.8 Å². The van der Waals surface area contributed by atoms with Crippen LogP contribution in [0, 0.1) is 0 Å². The summed E-state index contributed by atoms with van der Waals surface area (Å²) >= 11 is 6.02. The van der Waals surface area contributed by atoms with E-state index in [0.29, 0.717) is 17.3 Å². The lowest BCUT2D eigenvalue weighted by molar-refractivity contribution is 0.229. The number of benzene rings is 1. The first-order valence-corrected chi connectivity index (χ1v) is 5.37. The Morgan fingerprint density at radius 3 is 2.62 bits per heavy atom. The van der Waals surface area contributed by atoms with Gasteiger partial charge >= 0.3 is 6.03 Å². The summed E-state index contributed by atoms with van der Waals surface area (Å²) in [4.78, 5) is 15.1. The molecule has 0 saturated carbocycles. The quantitative estimate of drug-likeness (QED) is 0.794. The second-order valence-corrected chi connectivity index (χ2v) is 4.08. The fourth-order valence-corrected chi connectivity index (χ4v) is 1.96. The number of rotatable bonds is 2. The molecule has 0 N–H and O–H groups in total. The van der Waals surface area contributed by atoms with E-state index >= 15 is 0 Å². The molecule has 1 aliphatic rings. The molecule has 86 valence electrons. The fraction of sp³-hybridized carbons (Fsp3) is 0.364. The molecule has 2 rings (SSSR count). The number of likely N-dealkylation sites (N-methyl/N-ethyl adjacent to an activating group) is 1. The molecule has 0 aromatic heterocycles. The number of amides is 2. The van der Waals surface area contributed by atoms with Crippen LogP contribution in [0.3, 0.4) is 0 Å².